The number of aliphatic imine (C=N–C) groups is 1. The molecule has 0 radical (unpaired) electrons. The van der Waals surface area contributed by atoms with E-state index < -0.39 is 0 Å². The topological polar surface area (TPSA) is 67.8 Å². The van der Waals surface area contributed by atoms with Crippen LogP contribution >= 0.6 is 27.5 Å². The van der Waals surface area contributed by atoms with E-state index in [9.17, 15) is 5.26 Å². The van der Waals surface area contributed by atoms with Gasteiger partial charge in [0, 0.05) is 27.9 Å². The Bertz CT molecular complexity index is 1790. The predicted octanol–water partition coefficient (Wildman–Crippen LogP) is 10.2. The third-order valence-electron chi connectivity index (χ3n) is 6.65. The summed E-state index contributed by atoms with van der Waals surface area (Å²) in [5.74, 6) is 1.95. The Labute approximate surface area is 259 Å². The number of nitriles is 1. The number of ether oxygens (including phenoxy) is 2. The van der Waals surface area contributed by atoms with Crippen molar-refractivity contribution < 1.29 is 13.9 Å². The lowest BCUT2D eigenvalue weighted by Crippen LogP contribution is -2.02. The number of hydrogen-bond donors (Lipinski definition) is 0. The molecule has 4 aromatic carbocycles. The molecule has 0 aliphatic rings. The maximum absolute atomic E-state index is 10.2. The fourth-order valence-electron chi connectivity index (χ4n) is 4.48. The minimum Gasteiger partial charge on any atom is -0.490 e. The lowest BCUT2D eigenvalue weighted by Gasteiger charge is -2.15. The van der Waals surface area contributed by atoms with Crippen molar-refractivity contribution in [2.45, 2.75) is 27.4 Å². The first-order chi connectivity index (χ1) is 20.4. The molecule has 0 amide bonds. The number of rotatable bonds is 9. The fourth-order valence-corrected chi connectivity index (χ4v) is 5.25. The van der Waals surface area contributed by atoms with Gasteiger partial charge in [-0.3, -0.25) is 0 Å². The zero-order chi connectivity index (χ0) is 29.6. The Hall–Kier alpha value is -4.31. The van der Waals surface area contributed by atoms with Gasteiger partial charge in [0.1, 0.15) is 24.0 Å². The van der Waals surface area contributed by atoms with E-state index in [1.807, 2.05) is 106 Å². The van der Waals surface area contributed by atoms with Crippen LogP contribution in [0.5, 0.6) is 11.5 Å². The number of nitrogens with zero attached hydrogens (tertiary/aromatic N) is 2. The summed E-state index contributed by atoms with van der Waals surface area (Å²) < 4.78 is 19.0. The smallest absolute Gasteiger partial charge is 0.238 e. The highest BCUT2D eigenvalue weighted by Gasteiger charge is 2.23. The number of benzene rings is 4. The van der Waals surface area contributed by atoms with Gasteiger partial charge < -0.3 is 13.9 Å². The van der Waals surface area contributed by atoms with Crippen LogP contribution in [-0.2, 0) is 6.61 Å². The molecule has 0 aliphatic carbocycles. The van der Waals surface area contributed by atoms with E-state index in [4.69, 9.17) is 25.5 Å². The van der Waals surface area contributed by atoms with E-state index in [1.54, 1.807) is 6.21 Å². The number of hydrogen-bond acceptors (Lipinski definition) is 5. The van der Waals surface area contributed by atoms with E-state index in [0.29, 0.717) is 44.5 Å². The molecule has 7 heteroatoms. The first kappa shape index (κ1) is 29.2. The average Bonchev–Trinajstić information content (AvgIpc) is 3.36. The molecule has 0 spiro atoms. The molecule has 0 saturated heterocycles. The molecule has 0 aliphatic heterocycles. The molecule has 0 bridgehead atoms. The summed E-state index contributed by atoms with van der Waals surface area (Å²) in [6.07, 6.45) is 1.66. The monoisotopic (exact) mass is 638 g/mol. The van der Waals surface area contributed by atoms with Crippen molar-refractivity contribution in [2.24, 2.45) is 4.99 Å². The molecule has 0 fully saturated rings. The zero-order valence-electron chi connectivity index (χ0n) is 23.4. The maximum Gasteiger partial charge on any atom is 0.238 e. The van der Waals surface area contributed by atoms with Crippen molar-refractivity contribution in [1.29, 1.82) is 5.26 Å². The molecule has 5 nitrogen and oxygen atoms in total. The van der Waals surface area contributed by atoms with Gasteiger partial charge >= 0.3 is 0 Å². The van der Waals surface area contributed by atoms with Crippen LogP contribution < -0.4 is 9.47 Å². The summed E-state index contributed by atoms with van der Waals surface area (Å²) in [7, 11) is 0. The van der Waals surface area contributed by atoms with E-state index in [-0.39, 0.29) is 12.5 Å². The van der Waals surface area contributed by atoms with Crippen LogP contribution in [0.2, 0.25) is 5.02 Å². The Morgan fingerprint density at radius 3 is 2.24 bits per heavy atom. The standard InChI is InChI=1S/C35H28BrClN2O3/c1-4-40-31-18-24(17-29(36)34(31)41-21-27-7-5-6-8-30(27)37)20-39-35-28(19-38)32(25-13-9-22(2)10-14-25)33(42-35)26-15-11-23(3)12-16-26/h5-18,20H,4,21H2,1-3H3. The molecule has 0 unspecified atom stereocenters. The quantitative estimate of drug-likeness (QED) is 0.151. The summed E-state index contributed by atoms with van der Waals surface area (Å²) in [5.41, 5.74) is 6.72. The van der Waals surface area contributed by atoms with Crippen LogP contribution in [-0.4, -0.2) is 12.8 Å². The van der Waals surface area contributed by atoms with Gasteiger partial charge in [-0.2, -0.15) is 5.26 Å². The molecule has 5 rings (SSSR count). The number of aryl methyl sites for hydroxylation is 2. The number of halogens is 2. The zero-order valence-corrected chi connectivity index (χ0v) is 25.8. The van der Waals surface area contributed by atoms with Gasteiger partial charge in [-0.05, 0) is 66.0 Å². The van der Waals surface area contributed by atoms with Gasteiger partial charge in [-0.25, -0.2) is 4.99 Å². The van der Waals surface area contributed by atoms with E-state index in [0.717, 1.165) is 33.4 Å². The Balaban J connectivity index is 1.53. The van der Waals surface area contributed by atoms with Gasteiger partial charge in [0.2, 0.25) is 5.88 Å². The molecule has 1 heterocycles. The van der Waals surface area contributed by atoms with E-state index in [1.165, 1.54) is 0 Å². The average molecular weight is 640 g/mol. The minimum absolute atomic E-state index is 0.233. The summed E-state index contributed by atoms with van der Waals surface area (Å²) >= 11 is 9.94. The lowest BCUT2D eigenvalue weighted by atomic mass is 9.97. The van der Waals surface area contributed by atoms with Crippen LogP contribution in [0.15, 0.2) is 98.8 Å². The molecule has 42 heavy (non-hydrogen) atoms. The van der Waals surface area contributed by atoms with Crippen molar-refractivity contribution >= 4 is 39.6 Å². The highest BCUT2D eigenvalue weighted by Crippen LogP contribution is 2.43. The Kier molecular flexibility index (Phi) is 9.12. The normalized spacial score (nSPS) is 11.0. The molecule has 210 valence electrons. The Morgan fingerprint density at radius 1 is 0.929 bits per heavy atom. The molecular weight excluding hydrogens is 612 g/mol. The second kappa shape index (κ2) is 13.1. The lowest BCUT2D eigenvalue weighted by molar-refractivity contribution is 0.267. The van der Waals surface area contributed by atoms with Gasteiger partial charge in [0.25, 0.3) is 0 Å². The number of furan rings is 1. The minimum atomic E-state index is 0.233. The van der Waals surface area contributed by atoms with Crippen molar-refractivity contribution in [3.8, 4) is 40.0 Å². The summed E-state index contributed by atoms with van der Waals surface area (Å²) in [5, 5.41) is 10.9. The second-order valence-corrected chi connectivity index (χ2v) is 11.0. The highest BCUT2D eigenvalue weighted by atomic mass is 79.9. The summed E-state index contributed by atoms with van der Waals surface area (Å²) in [6, 6.07) is 29.7. The highest BCUT2D eigenvalue weighted by molar-refractivity contribution is 9.10. The van der Waals surface area contributed by atoms with Crippen molar-refractivity contribution in [2.75, 3.05) is 6.61 Å². The molecular formula is C35H28BrClN2O3. The van der Waals surface area contributed by atoms with Crippen LogP contribution in [0.4, 0.5) is 5.88 Å². The molecule has 0 N–H and O–H groups in total. The first-order valence-corrected chi connectivity index (χ1v) is 14.6. The molecule has 5 aromatic rings. The van der Waals surface area contributed by atoms with Crippen molar-refractivity contribution in [1.82, 2.24) is 0 Å². The SMILES string of the molecule is CCOc1cc(C=Nc2oc(-c3ccc(C)cc3)c(-c3ccc(C)cc3)c2C#N)cc(Br)c1OCc1ccccc1Cl. The van der Waals surface area contributed by atoms with E-state index in [2.05, 4.69) is 27.0 Å². The van der Waals surface area contributed by atoms with Gasteiger partial charge in [0.15, 0.2) is 11.5 Å². The molecule has 0 saturated carbocycles. The van der Waals surface area contributed by atoms with Crippen LogP contribution in [0.25, 0.3) is 22.5 Å². The van der Waals surface area contributed by atoms with E-state index >= 15 is 0 Å². The van der Waals surface area contributed by atoms with Gasteiger partial charge in [-0.1, -0.05) is 89.5 Å². The fraction of sp³-hybridized carbons (Fsp3) is 0.143. The second-order valence-electron chi connectivity index (χ2n) is 9.73. The third-order valence-corrected chi connectivity index (χ3v) is 7.61. The maximum atomic E-state index is 10.2. The van der Waals surface area contributed by atoms with Gasteiger partial charge in [0.05, 0.1) is 11.1 Å². The van der Waals surface area contributed by atoms with Crippen molar-refractivity contribution in [3.05, 3.63) is 122 Å². The largest absolute Gasteiger partial charge is 0.490 e. The first-order valence-electron chi connectivity index (χ1n) is 13.5. The van der Waals surface area contributed by atoms with Crippen LogP contribution in [0.1, 0.15) is 34.7 Å². The summed E-state index contributed by atoms with van der Waals surface area (Å²) in [4.78, 5) is 4.64. The van der Waals surface area contributed by atoms with Gasteiger partial charge in [-0.15, -0.1) is 0 Å². The molecule has 0 atom stereocenters. The van der Waals surface area contributed by atoms with Crippen LogP contribution in [0.3, 0.4) is 0 Å². The predicted molar refractivity (Wildman–Crippen MR) is 172 cm³/mol. The van der Waals surface area contributed by atoms with Crippen molar-refractivity contribution in [3.63, 3.8) is 0 Å². The Morgan fingerprint density at radius 2 is 1.60 bits per heavy atom. The third kappa shape index (κ3) is 6.44. The van der Waals surface area contributed by atoms with Crippen LogP contribution in [0, 0.1) is 25.2 Å². The molecule has 1 aromatic heterocycles. The summed E-state index contributed by atoms with van der Waals surface area (Å²) in [6.45, 7) is 6.71.